The molecule has 2 fully saturated rings. The molecule has 0 aliphatic heterocycles. The maximum atomic E-state index is 11.2. The van der Waals surface area contributed by atoms with Gasteiger partial charge >= 0.3 is 5.97 Å². The number of rotatable bonds is 15. The summed E-state index contributed by atoms with van der Waals surface area (Å²) < 4.78 is 0. The van der Waals surface area contributed by atoms with Crippen LogP contribution in [-0.4, -0.2) is 16.9 Å². The van der Waals surface area contributed by atoms with Crippen LogP contribution in [0.4, 0.5) is 0 Å². The molecule has 0 aromatic rings. The summed E-state index contributed by atoms with van der Waals surface area (Å²) in [6.07, 6.45) is 18.8. The number of carbonyl (C=O) groups excluding carboxylic acids is 1. The average molecular weight is 337 g/mol. The Bertz CT molecular complexity index is 379. The van der Waals surface area contributed by atoms with E-state index in [1.54, 1.807) is 6.92 Å². The SMILES string of the molecule is CC(=O)CC1(CCCCCCCCCCC2(CC(=O)O)CC2)CC1. The first-order valence-corrected chi connectivity index (χ1v) is 10.2. The van der Waals surface area contributed by atoms with Crippen molar-refractivity contribution in [2.24, 2.45) is 10.8 Å². The highest BCUT2D eigenvalue weighted by atomic mass is 16.4. The second kappa shape index (κ2) is 9.01. The van der Waals surface area contributed by atoms with Gasteiger partial charge in [-0.2, -0.15) is 0 Å². The Hall–Kier alpha value is -0.860. The zero-order chi connectivity index (χ0) is 17.5. The van der Waals surface area contributed by atoms with Crippen molar-refractivity contribution in [3.05, 3.63) is 0 Å². The van der Waals surface area contributed by atoms with Gasteiger partial charge in [-0.25, -0.2) is 0 Å². The molecule has 3 nitrogen and oxygen atoms in total. The van der Waals surface area contributed by atoms with Crippen LogP contribution in [0.15, 0.2) is 0 Å². The highest BCUT2D eigenvalue weighted by Crippen LogP contribution is 2.53. The first-order valence-electron chi connectivity index (χ1n) is 10.2. The predicted molar refractivity (Wildman–Crippen MR) is 97.1 cm³/mol. The van der Waals surface area contributed by atoms with Crippen molar-refractivity contribution >= 4 is 11.8 Å². The molecule has 0 heterocycles. The van der Waals surface area contributed by atoms with Gasteiger partial charge < -0.3 is 9.90 Å². The number of aliphatic carboxylic acids is 1. The Morgan fingerprint density at radius 3 is 1.42 bits per heavy atom. The number of hydrogen-bond acceptors (Lipinski definition) is 2. The summed E-state index contributed by atoms with van der Waals surface area (Å²) in [5.74, 6) is -0.257. The van der Waals surface area contributed by atoms with Crippen molar-refractivity contribution in [2.75, 3.05) is 0 Å². The van der Waals surface area contributed by atoms with Gasteiger partial charge in [0.2, 0.25) is 0 Å². The van der Waals surface area contributed by atoms with Crippen molar-refractivity contribution in [1.82, 2.24) is 0 Å². The molecule has 0 saturated heterocycles. The van der Waals surface area contributed by atoms with Gasteiger partial charge in [0.25, 0.3) is 0 Å². The van der Waals surface area contributed by atoms with Crippen molar-refractivity contribution in [3.8, 4) is 0 Å². The number of hydrogen-bond donors (Lipinski definition) is 1. The molecular formula is C21H36O3. The molecule has 24 heavy (non-hydrogen) atoms. The first-order chi connectivity index (χ1) is 11.5. The molecule has 0 radical (unpaired) electrons. The van der Waals surface area contributed by atoms with Crippen LogP contribution in [0.5, 0.6) is 0 Å². The molecule has 1 N–H and O–H groups in total. The lowest BCUT2D eigenvalue weighted by molar-refractivity contribution is -0.138. The smallest absolute Gasteiger partial charge is 0.303 e. The number of Topliss-reactive ketones (excluding diaryl/α,β-unsaturated/α-hetero) is 1. The van der Waals surface area contributed by atoms with Crippen molar-refractivity contribution in [1.29, 1.82) is 0 Å². The molecule has 2 aliphatic carbocycles. The van der Waals surface area contributed by atoms with Gasteiger partial charge in [0.1, 0.15) is 5.78 Å². The fraction of sp³-hybridized carbons (Fsp3) is 0.905. The van der Waals surface area contributed by atoms with Gasteiger partial charge in [-0.3, -0.25) is 4.79 Å². The molecule has 0 aromatic carbocycles. The molecular weight excluding hydrogens is 300 g/mol. The monoisotopic (exact) mass is 336 g/mol. The average Bonchev–Trinajstić information content (AvgIpc) is 3.40. The molecule has 0 unspecified atom stereocenters. The van der Waals surface area contributed by atoms with Crippen LogP contribution in [0.1, 0.15) is 110 Å². The highest BCUT2D eigenvalue weighted by Gasteiger charge is 2.43. The molecule has 0 spiro atoms. The van der Waals surface area contributed by atoms with E-state index in [4.69, 9.17) is 5.11 Å². The van der Waals surface area contributed by atoms with Crippen LogP contribution in [-0.2, 0) is 9.59 Å². The Morgan fingerprint density at radius 1 is 0.708 bits per heavy atom. The van der Waals surface area contributed by atoms with Crippen LogP contribution in [0.3, 0.4) is 0 Å². The molecule has 0 bridgehead atoms. The van der Waals surface area contributed by atoms with Gasteiger partial charge in [0.15, 0.2) is 0 Å². The third-order valence-corrected chi connectivity index (χ3v) is 6.23. The molecule has 2 saturated carbocycles. The summed E-state index contributed by atoms with van der Waals surface area (Å²) in [5.41, 5.74) is 0.602. The number of carbonyl (C=O) groups is 2. The molecule has 3 heteroatoms. The minimum absolute atomic E-state index is 0.185. The topological polar surface area (TPSA) is 54.4 Å². The highest BCUT2D eigenvalue weighted by molar-refractivity contribution is 5.76. The standard InChI is InChI=1S/C21H36O3/c1-18(22)16-20(12-13-20)10-8-6-4-2-3-5-7-9-11-21(14-15-21)17-19(23)24/h2-17H2,1H3,(H,23,24). The van der Waals surface area contributed by atoms with Crippen LogP contribution >= 0.6 is 0 Å². The van der Waals surface area contributed by atoms with Gasteiger partial charge in [-0.05, 0) is 56.3 Å². The van der Waals surface area contributed by atoms with Crippen molar-refractivity contribution < 1.29 is 14.7 Å². The van der Waals surface area contributed by atoms with E-state index in [1.807, 2.05) is 0 Å². The number of carboxylic acids is 1. The normalized spacial score (nSPS) is 19.9. The summed E-state index contributed by atoms with van der Waals surface area (Å²) in [5, 5.41) is 8.91. The molecule has 2 aliphatic rings. The van der Waals surface area contributed by atoms with Gasteiger partial charge in [-0.1, -0.05) is 51.4 Å². The van der Waals surface area contributed by atoms with Gasteiger partial charge in [0, 0.05) is 6.42 Å². The fourth-order valence-electron chi connectivity index (χ4n) is 4.29. The Kier molecular flexibility index (Phi) is 7.31. The summed E-state index contributed by atoms with van der Waals surface area (Å²) in [6, 6.07) is 0. The van der Waals surface area contributed by atoms with Gasteiger partial charge in [0.05, 0.1) is 6.42 Å². The Balaban J connectivity index is 1.36. The Morgan fingerprint density at radius 2 is 1.08 bits per heavy atom. The van der Waals surface area contributed by atoms with E-state index >= 15 is 0 Å². The lowest BCUT2D eigenvalue weighted by atomic mass is 9.92. The third-order valence-electron chi connectivity index (χ3n) is 6.23. The lowest BCUT2D eigenvalue weighted by Gasteiger charge is -2.12. The molecule has 0 aromatic heterocycles. The van der Waals surface area contributed by atoms with E-state index in [-0.39, 0.29) is 5.41 Å². The van der Waals surface area contributed by atoms with E-state index in [0.29, 0.717) is 17.6 Å². The van der Waals surface area contributed by atoms with E-state index in [0.717, 1.165) is 25.7 Å². The second-order valence-corrected chi connectivity index (χ2v) is 8.78. The molecule has 0 amide bonds. The number of unbranched alkanes of at least 4 members (excludes halogenated alkanes) is 7. The summed E-state index contributed by atoms with van der Waals surface area (Å²) >= 11 is 0. The number of carboxylic acid groups (broad SMARTS) is 1. The largest absolute Gasteiger partial charge is 0.481 e. The maximum absolute atomic E-state index is 11.2. The van der Waals surface area contributed by atoms with Gasteiger partial charge in [-0.15, -0.1) is 0 Å². The fourth-order valence-corrected chi connectivity index (χ4v) is 4.29. The number of ketones is 1. The minimum Gasteiger partial charge on any atom is -0.481 e. The maximum Gasteiger partial charge on any atom is 0.303 e. The predicted octanol–water partition coefficient (Wildman–Crippen LogP) is 5.90. The quantitative estimate of drug-likeness (QED) is 0.379. The van der Waals surface area contributed by atoms with E-state index in [2.05, 4.69) is 0 Å². The minimum atomic E-state index is -0.621. The lowest BCUT2D eigenvalue weighted by Crippen LogP contribution is -2.08. The molecule has 138 valence electrons. The van der Waals surface area contributed by atoms with Crippen molar-refractivity contribution in [3.63, 3.8) is 0 Å². The van der Waals surface area contributed by atoms with E-state index < -0.39 is 5.97 Å². The second-order valence-electron chi connectivity index (χ2n) is 8.78. The van der Waals surface area contributed by atoms with Crippen LogP contribution < -0.4 is 0 Å². The summed E-state index contributed by atoms with van der Waals surface area (Å²) in [6.45, 7) is 1.73. The summed E-state index contributed by atoms with van der Waals surface area (Å²) in [4.78, 5) is 22.1. The summed E-state index contributed by atoms with van der Waals surface area (Å²) in [7, 11) is 0. The van der Waals surface area contributed by atoms with Crippen LogP contribution in [0, 0.1) is 10.8 Å². The Labute approximate surface area is 147 Å². The van der Waals surface area contributed by atoms with E-state index in [9.17, 15) is 9.59 Å². The molecule has 2 rings (SSSR count). The third kappa shape index (κ3) is 7.36. The van der Waals surface area contributed by atoms with Crippen LogP contribution in [0.2, 0.25) is 0 Å². The zero-order valence-corrected chi connectivity index (χ0v) is 15.6. The first kappa shape index (κ1) is 19.5. The van der Waals surface area contributed by atoms with Crippen LogP contribution in [0.25, 0.3) is 0 Å². The zero-order valence-electron chi connectivity index (χ0n) is 15.6. The van der Waals surface area contributed by atoms with E-state index in [1.165, 1.54) is 70.6 Å². The molecule has 0 atom stereocenters. The van der Waals surface area contributed by atoms with Crippen molar-refractivity contribution in [2.45, 2.75) is 110 Å².